The number of rotatable bonds is 7. The molecule has 0 fully saturated rings. The number of carbonyl (C=O) groups is 2. The topological polar surface area (TPSA) is 67.4 Å². The van der Waals surface area contributed by atoms with Gasteiger partial charge in [0, 0.05) is 11.8 Å². The summed E-state index contributed by atoms with van der Waals surface area (Å²) in [5.41, 5.74) is 1.24. The van der Waals surface area contributed by atoms with Crippen LogP contribution >= 0.6 is 11.6 Å². The summed E-state index contributed by atoms with van der Waals surface area (Å²) in [6.45, 7) is -0.357. The van der Waals surface area contributed by atoms with Crippen LogP contribution in [-0.2, 0) is 9.59 Å². The summed E-state index contributed by atoms with van der Waals surface area (Å²) in [6.07, 6.45) is 0. The zero-order chi connectivity index (χ0) is 20.6. The normalized spacial score (nSPS) is 11.4. The molecule has 3 aromatic carbocycles. The minimum Gasteiger partial charge on any atom is -0.484 e. The minimum absolute atomic E-state index is 0.104. The van der Waals surface area contributed by atoms with Crippen molar-refractivity contribution in [2.75, 3.05) is 11.9 Å². The molecule has 0 bridgehead atoms. The number of halogens is 2. The largest absolute Gasteiger partial charge is 0.484 e. The Bertz CT molecular complexity index is 984. The molecule has 2 N–H and O–H groups in total. The molecule has 2 amide bonds. The van der Waals surface area contributed by atoms with E-state index in [0.717, 1.165) is 6.07 Å². The van der Waals surface area contributed by atoms with E-state index in [4.69, 9.17) is 16.3 Å². The zero-order valence-corrected chi connectivity index (χ0v) is 16.0. The zero-order valence-electron chi connectivity index (χ0n) is 15.3. The van der Waals surface area contributed by atoms with Crippen LogP contribution in [0.25, 0.3) is 0 Å². The van der Waals surface area contributed by atoms with Crippen molar-refractivity contribution in [3.05, 3.63) is 95.3 Å². The Morgan fingerprint density at radius 2 is 1.62 bits per heavy atom. The maximum Gasteiger partial charge on any atom is 0.258 e. The standard InChI is InChI=1S/C22H18ClFN2O3/c23-18-13-17(11-12-19(18)24)29-14-20(27)26-21(15-7-3-1-4-8-15)22(28)25-16-9-5-2-6-10-16/h1-13,21H,14H2,(H,25,28)(H,26,27). The Labute approximate surface area is 172 Å². The van der Waals surface area contributed by atoms with Crippen LogP contribution in [0.4, 0.5) is 10.1 Å². The van der Waals surface area contributed by atoms with E-state index in [1.165, 1.54) is 12.1 Å². The van der Waals surface area contributed by atoms with Crippen molar-refractivity contribution in [2.45, 2.75) is 6.04 Å². The number of anilines is 1. The van der Waals surface area contributed by atoms with Gasteiger partial charge >= 0.3 is 0 Å². The van der Waals surface area contributed by atoms with E-state index in [9.17, 15) is 14.0 Å². The summed E-state index contributed by atoms with van der Waals surface area (Å²) in [5.74, 6) is -1.23. The Morgan fingerprint density at radius 3 is 2.28 bits per heavy atom. The molecule has 0 aromatic heterocycles. The lowest BCUT2D eigenvalue weighted by atomic mass is 10.1. The predicted octanol–water partition coefficient (Wildman–Crippen LogP) is 4.35. The number of nitrogens with one attached hydrogen (secondary N) is 2. The summed E-state index contributed by atoms with van der Waals surface area (Å²) >= 11 is 5.70. The highest BCUT2D eigenvalue weighted by Gasteiger charge is 2.23. The van der Waals surface area contributed by atoms with Gasteiger partial charge in [-0.1, -0.05) is 60.1 Å². The van der Waals surface area contributed by atoms with Gasteiger partial charge < -0.3 is 15.4 Å². The van der Waals surface area contributed by atoms with Crippen molar-refractivity contribution in [1.29, 1.82) is 0 Å². The first-order valence-corrected chi connectivity index (χ1v) is 9.19. The molecule has 0 aliphatic heterocycles. The first-order chi connectivity index (χ1) is 14.0. The van der Waals surface area contributed by atoms with E-state index in [-0.39, 0.29) is 23.3 Å². The number of hydrogen-bond acceptors (Lipinski definition) is 3. The van der Waals surface area contributed by atoms with Gasteiger partial charge in [0.1, 0.15) is 17.6 Å². The minimum atomic E-state index is -0.913. The molecule has 148 valence electrons. The first-order valence-electron chi connectivity index (χ1n) is 8.81. The lowest BCUT2D eigenvalue weighted by Gasteiger charge is -2.19. The van der Waals surface area contributed by atoms with Gasteiger partial charge in [-0.05, 0) is 29.8 Å². The summed E-state index contributed by atoms with van der Waals surface area (Å²) in [6, 6.07) is 20.7. The maximum absolute atomic E-state index is 13.2. The number of ether oxygens (including phenoxy) is 1. The molecule has 0 saturated carbocycles. The van der Waals surface area contributed by atoms with E-state index in [2.05, 4.69) is 10.6 Å². The number of para-hydroxylation sites is 1. The Balaban J connectivity index is 1.68. The van der Waals surface area contributed by atoms with Gasteiger partial charge in [0.15, 0.2) is 6.61 Å². The summed E-state index contributed by atoms with van der Waals surface area (Å²) in [7, 11) is 0. The molecule has 0 radical (unpaired) electrons. The van der Waals surface area contributed by atoms with Crippen LogP contribution in [-0.4, -0.2) is 18.4 Å². The highest BCUT2D eigenvalue weighted by molar-refractivity contribution is 6.30. The monoisotopic (exact) mass is 412 g/mol. The molecule has 5 nitrogen and oxygen atoms in total. The van der Waals surface area contributed by atoms with Crippen molar-refractivity contribution in [1.82, 2.24) is 5.32 Å². The third-order valence-electron chi connectivity index (χ3n) is 4.00. The van der Waals surface area contributed by atoms with Crippen LogP contribution < -0.4 is 15.4 Å². The highest BCUT2D eigenvalue weighted by Crippen LogP contribution is 2.21. The maximum atomic E-state index is 13.2. The van der Waals surface area contributed by atoms with Crippen molar-refractivity contribution in [3.63, 3.8) is 0 Å². The Morgan fingerprint density at radius 1 is 0.966 bits per heavy atom. The third-order valence-corrected chi connectivity index (χ3v) is 4.29. The molecule has 1 atom stereocenters. The molecule has 3 aromatic rings. The van der Waals surface area contributed by atoms with Crippen LogP contribution in [0.3, 0.4) is 0 Å². The van der Waals surface area contributed by atoms with Crippen LogP contribution in [0.15, 0.2) is 78.9 Å². The van der Waals surface area contributed by atoms with Crippen LogP contribution in [0.5, 0.6) is 5.75 Å². The average Bonchev–Trinajstić information content (AvgIpc) is 2.74. The molecule has 3 rings (SSSR count). The number of carbonyl (C=O) groups excluding carboxylic acids is 2. The predicted molar refractivity (Wildman–Crippen MR) is 109 cm³/mol. The molecule has 29 heavy (non-hydrogen) atoms. The van der Waals surface area contributed by atoms with E-state index < -0.39 is 17.8 Å². The smallest absolute Gasteiger partial charge is 0.258 e. The Kier molecular flexibility index (Phi) is 6.81. The third kappa shape index (κ3) is 5.80. The van der Waals surface area contributed by atoms with Crippen LogP contribution in [0.2, 0.25) is 5.02 Å². The Hall–Kier alpha value is -3.38. The molecular weight excluding hydrogens is 395 g/mol. The first kappa shape index (κ1) is 20.4. The van der Waals surface area contributed by atoms with Crippen molar-refractivity contribution in [3.8, 4) is 5.75 Å². The van der Waals surface area contributed by atoms with Crippen LogP contribution in [0, 0.1) is 5.82 Å². The SMILES string of the molecule is O=C(COc1ccc(F)c(Cl)c1)NC(C(=O)Nc1ccccc1)c1ccccc1. The summed E-state index contributed by atoms with van der Waals surface area (Å²) < 4.78 is 18.6. The quantitative estimate of drug-likeness (QED) is 0.606. The van der Waals surface area contributed by atoms with Crippen LogP contribution in [0.1, 0.15) is 11.6 Å². The molecule has 0 aliphatic rings. The highest BCUT2D eigenvalue weighted by atomic mass is 35.5. The van der Waals surface area contributed by atoms with Gasteiger partial charge in [0.05, 0.1) is 5.02 Å². The second-order valence-electron chi connectivity index (χ2n) is 6.13. The second kappa shape index (κ2) is 9.71. The van der Waals surface area contributed by atoms with Gasteiger partial charge in [-0.15, -0.1) is 0 Å². The van der Waals surface area contributed by atoms with Gasteiger partial charge in [-0.2, -0.15) is 0 Å². The molecule has 0 heterocycles. The molecule has 0 saturated heterocycles. The van der Waals surface area contributed by atoms with Gasteiger partial charge in [-0.3, -0.25) is 9.59 Å². The van der Waals surface area contributed by atoms with E-state index in [1.54, 1.807) is 48.5 Å². The fraction of sp³-hybridized carbons (Fsp3) is 0.0909. The summed E-state index contributed by atoms with van der Waals surface area (Å²) in [4.78, 5) is 25.2. The lowest BCUT2D eigenvalue weighted by Crippen LogP contribution is -2.39. The molecule has 1 unspecified atom stereocenters. The average molecular weight is 413 g/mol. The number of amides is 2. The fourth-order valence-electron chi connectivity index (χ4n) is 2.60. The number of benzene rings is 3. The molecule has 0 spiro atoms. The van der Waals surface area contributed by atoms with Crippen molar-refractivity contribution >= 4 is 29.1 Å². The number of hydrogen-bond donors (Lipinski definition) is 2. The van der Waals surface area contributed by atoms with E-state index >= 15 is 0 Å². The second-order valence-corrected chi connectivity index (χ2v) is 6.54. The van der Waals surface area contributed by atoms with Gasteiger partial charge in [-0.25, -0.2) is 4.39 Å². The molecular formula is C22H18ClFN2O3. The van der Waals surface area contributed by atoms with E-state index in [0.29, 0.717) is 11.3 Å². The van der Waals surface area contributed by atoms with Crippen molar-refractivity contribution < 1.29 is 18.7 Å². The van der Waals surface area contributed by atoms with E-state index in [1.807, 2.05) is 12.1 Å². The van der Waals surface area contributed by atoms with Gasteiger partial charge in [0.2, 0.25) is 0 Å². The van der Waals surface area contributed by atoms with Crippen molar-refractivity contribution in [2.24, 2.45) is 0 Å². The van der Waals surface area contributed by atoms with Gasteiger partial charge in [0.25, 0.3) is 11.8 Å². The lowest BCUT2D eigenvalue weighted by molar-refractivity contribution is -0.128. The summed E-state index contributed by atoms with van der Waals surface area (Å²) in [5, 5.41) is 5.34. The molecule has 0 aliphatic carbocycles. The fourth-order valence-corrected chi connectivity index (χ4v) is 2.77. The molecule has 7 heteroatoms.